The average Bonchev–Trinajstić information content (AvgIpc) is 2.92. The molecule has 8 nitrogen and oxygen atoms in total. The van der Waals surface area contributed by atoms with Crippen LogP contribution in [-0.4, -0.2) is 78.0 Å². The summed E-state index contributed by atoms with van der Waals surface area (Å²) in [6, 6.07) is 9.33. The van der Waals surface area contributed by atoms with Crippen molar-refractivity contribution in [1.82, 2.24) is 20.0 Å². The molecule has 1 N–H and O–H groups in total. The number of carbonyl (C=O) groups excluding carboxylic acids is 3. The summed E-state index contributed by atoms with van der Waals surface area (Å²) in [5.74, 6) is -0.941. The molecule has 0 radical (unpaired) electrons. The molecule has 2 aliphatic heterocycles. The van der Waals surface area contributed by atoms with Crippen LogP contribution < -0.4 is 5.32 Å². The Morgan fingerprint density at radius 3 is 2.37 bits per heavy atom. The number of benzene rings is 2. The summed E-state index contributed by atoms with van der Waals surface area (Å²) in [6.07, 6.45) is -4.70. The molecule has 3 amide bonds. The number of urea groups is 1. The van der Waals surface area contributed by atoms with Gasteiger partial charge in [-0.3, -0.25) is 14.6 Å². The van der Waals surface area contributed by atoms with Crippen molar-refractivity contribution >= 4 is 29.5 Å². The van der Waals surface area contributed by atoms with Crippen LogP contribution in [0.3, 0.4) is 0 Å². The standard InChI is InChI=1S/C29H32ClF3N4O4/c1-4-36-23(17-35-14-15-37(18(3)16-35)26(38)19-10-12-20(30)13-11-19)24(27(39)41-5-2)25(34-28(36)40)21-8-6-7-9-22(21)29(31,32)33/h6-13,18,25H,4-5,14-17H2,1-3H3,(H,34,40)/t18-,25+/m0/s1. The van der Waals surface area contributed by atoms with Gasteiger partial charge in [0.2, 0.25) is 0 Å². The number of nitrogens with zero attached hydrogens (tertiary/aromatic N) is 3. The van der Waals surface area contributed by atoms with Gasteiger partial charge in [0.05, 0.1) is 23.8 Å². The van der Waals surface area contributed by atoms with E-state index < -0.39 is 29.8 Å². The smallest absolute Gasteiger partial charge is 0.416 e. The molecule has 2 heterocycles. The quantitative estimate of drug-likeness (QED) is 0.452. The largest absolute Gasteiger partial charge is 0.463 e. The summed E-state index contributed by atoms with van der Waals surface area (Å²) in [4.78, 5) is 44.7. The summed E-state index contributed by atoms with van der Waals surface area (Å²) in [5, 5.41) is 3.13. The van der Waals surface area contributed by atoms with Gasteiger partial charge in [-0.05, 0) is 56.7 Å². The normalized spacial score (nSPS) is 20.2. The molecule has 2 aromatic carbocycles. The lowest BCUT2D eigenvalue weighted by molar-refractivity contribution is -0.141. The number of hydrogen-bond donors (Lipinski definition) is 1. The van der Waals surface area contributed by atoms with Gasteiger partial charge in [0, 0.05) is 55.0 Å². The fraction of sp³-hybridized carbons (Fsp3) is 0.414. The minimum absolute atomic E-state index is 0.00579. The minimum atomic E-state index is -4.70. The van der Waals surface area contributed by atoms with E-state index in [1.54, 1.807) is 43.0 Å². The molecule has 41 heavy (non-hydrogen) atoms. The van der Waals surface area contributed by atoms with Gasteiger partial charge in [-0.15, -0.1) is 0 Å². The van der Waals surface area contributed by atoms with Crippen molar-refractivity contribution in [2.75, 3.05) is 39.3 Å². The maximum absolute atomic E-state index is 14.0. The van der Waals surface area contributed by atoms with E-state index in [4.69, 9.17) is 16.3 Å². The summed E-state index contributed by atoms with van der Waals surface area (Å²) in [6.45, 7) is 6.74. The third-order valence-electron chi connectivity index (χ3n) is 7.26. The Balaban J connectivity index is 1.68. The first kappa shape index (κ1) is 30.4. The third-order valence-corrected chi connectivity index (χ3v) is 7.52. The fourth-order valence-electron chi connectivity index (χ4n) is 5.35. The Bertz CT molecular complexity index is 1330. The van der Waals surface area contributed by atoms with Crippen LogP contribution in [-0.2, 0) is 15.7 Å². The lowest BCUT2D eigenvalue weighted by Gasteiger charge is -2.43. The number of halogens is 4. The first-order valence-corrected chi connectivity index (χ1v) is 13.8. The van der Waals surface area contributed by atoms with Crippen LogP contribution in [0.25, 0.3) is 0 Å². The molecule has 0 spiro atoms. The zero-order valence-corrected chi connectivity index (χ0v) is 23.8. The highest BCUT2D eigenvalue weighted by molar-refractivity contribution is 6.30. The van der Waals surface area contributed by atoms with Crippen LogP contribution in [0.5, 0.6) is 0 Å². The second-order valence-corrected chi connectivity index (χ2v) is 10.3. The van der Waals surface area contributed by atoms with Crippen LogP contribution in [0, 0.1) is 0 Å². The molecular formula is C29H32ClF3N4O4. The van der Waals surface area contributed by atoms with Crippen molar-refractivity contribution in [3.05, 3.63) is 81.5 Å². The zero-order valence-electron chi connectivity index (χ0n) is 23.0. The highest BCUT2D eigenvalue weighted by Crippen LogP contribution is 2.39. The van der Waals surface area contributed by atoms with E-state index in [2.05, 4.69) is 5.32 Å². The summed E-state index contributed by atoms with van der Waals surface area (Å²) < 4.78 is 47.2. The van der Waals surface area contributed by atoms with Gasteiger partial charge in [0.15, 0.2) is 0 Å². The number of likely N-dealkylation sites (N-methyl/N-ethyl adjacent to an activating group) is 1. The lowest BCUT2D eigenvalue weighted by atomic mass is 9.90. The molecule has 2 aromatic rings. The molecule has 1 fully saturated rings. The summed E-state index contributed by atoms with van der Waals surface area (Å²) in [5.41, 5.74) is -0.441. The Hall–Kier alpha value is -3.57. The Morgan fingerprint density at radius 1 is 1.07 bits per heavy atom. The average molecular weight is 593 g/mol. The van der Waals surface area contributed by atoms with Crippen molar-refractivity contribution in [3.63, 3.8) is 0 Å². The topological polar surface area (TPSA) is 82.2 Å². The number of alkyl halides is 3. The molecule has 0 aliphatic carbocycles. The Kier molecular flexibility index (Phi) is 9.28. The first-order chi connectivity index (χ1) is 19.5. The number of ether oxygens (including phenoxy) is 1. The molecule has 2 atom stereocenters. The highest BCUT2D eigenvalue weighted by Gasteiger charge is 2.43. The molecular weight excluding hydrogens is 561 g/mol. The molecule has 1 saturated heterocycles. The number of esters is 1. The van der Waals surface area contributed by atoms with E-state index in [1.165, 1.54) is 23.1 Å². The van der Waals surface area contributed by atoms with Gasteiger partial charge in [0.1, 0.15) is 0 Å². The molecule has 0 aromatic heterocycles. The monoisotopic (exact) mass is 592 g/mol. The minimum Gasteiger partial charge on any atom is -0.463 e. The Labute approximate surface area is 241 Å². The van der Waals surface area contributed by atoms with E-state index in [0.29, 0.717) is 30.2 Å². The molecule has 220 valence electrons. The van der Waals surface area contributed by atoms with E-state index in [1.807, 2.05) is 11.8 Å². The third kappa shape index (κ3) is 6.51. The summed E-state index contributed by atoms with van der Waals surface area (Å²) >= 11 is 5.95. The first-order valence-electron chi connectivity index (χ1n) is 13.4. The van der Waals surface area contributed by atoms with Crippen LogP contribution in [0.4, 0.5) is 18.0 Å². The predicted molar refractivity (Wildman–Crippen MR) is 147 cm³/mol. The number of amides is 3. The number of carbonyl (C=O) groups is 3. The van der Waals surface area contributed by atoms with E-state index in [-0.39, 0.29) is 48.5 Å². The zero-order chi connectivity index (χ0) is 29.9. The van der Waals surface area contributed by atoms with Crippen molar-refractivity contribution in [2.45, 2.75) is 39.0 Å². The Morgan fingerprint density at radius 2 is 1.76 bits per heavy atom. The molecule has 2 aliphatic rings. The van der Waals surface area contributed by atoms with E-state index >= 15 is 0 Å². The molecule has 12 heteroatoms. The predicted octanol–water partition coefficient (Wildman–Crippen LogP) is 5.11. The summed E-state index contributed by atoms with van der Waals surface area (Å²) in [7, 11) is 0. The van der Waals surface area contributed by atoms with Gasteiger partial charge < -0.3 is 15.0 Å². The second kappa shape index (κ2) is 12.5. The van der Waals surface area contributed by atoms with E-state index in [9.17, 15) is 27.6 Å². The van der Waals surface area contributed by atoms with Crippen molar-refractivity contribution < 1.29 is 32.3 Å². The van der Waals surface area contributed by atoms with Gasteiger partial charge in [-0.2, -0.15) is 13.2 Å². The van der Waals surface area contributed by atoms with E-state index in [0.717, 1.165) is 6.07 Å². The van der Waals surface area contributed by atoms with Crippen LogP contribution in [0.1, 0.15) is 48.3 Å². The molecule has 0 bridgehead atoms. The fourth-order valence-corrected chi connectivity index (χ4v) is 5.47. The highest BCUT2D eigenvalue weighted by atomic mass is 35.5. The van der Waals surface area contributed by atoms with Crippen molar-refractivity contribution in [1.29, 1.82) is 0 Å². The maximum atomic E-state index is 14.0. The molecule has 4 rings (SSSR count). The lowest BCUT2D eigenvalue weighted by Crippen LogP contribution is -2.56. The molecule has 0 unspecified atom stereocenters. The van der Waals surface area contributed by atoms with Crippen molar-refractivity contribution in [3.8, 4) is 0 Å². The van der Waals surface area contributed by atoms with Gasteiger partial charge in [0.25, 0.3) is 5.91 Å². The van der Waals surface area contributed by atoms with Crippen LogP contribution >= 0.6 is 11.6 Å². The number of hydrogen-bond acceptors (Lipinski definition) is 5. The number of nitrogens with one attached hydrogen (secondary N) is 1. The van der Waals surface area contributed by atoms with Crippen molar-refractivity contribution in [2.24, 2.45) is 0 Å². The van der Waals surface area contributed by atoms with Crippen LogP contribution in [0.2, 0.25) is 5.02 Å². The van der Waals surface area contributed by atoms with Crippen LogP contribution in [0.15, 0.2) is 59.8 Å². The van der Waals surface area contributed by atoms with Gasteiger partial charge in [-0.25, -0.2) is 9.59 Å². The second-order valence-electron chi connectivity index (χ2n) is 9.88. The molecule has 0 saturated carbocycles. The van der Waals surface area contributed by atoms with Gasteiger partial charge in [-0.1, -0.05) is 29.8 Å². The number of piperazine rings is 1. The SMILES string of the molecule is CCOC(=O)C1=C(CN2CCN(C(=O)c3ccc(Cl)cc3)[C@@H](C)C2)N(CC)C(=O)N[C@@H]1c1ccccc1C(F)(F)F. The number of rotatable bonds is 7. The maximum Gasteiger partial charge on any atom is 0.416 e. The van der Waals surface area contributed by atoms with Gasteiger partial charge >= 0.3 is 18.2 Å².